The van der Waals surface area contributed by atoms with Gasteiger partial charge in [0.2, 0.25) is 0 Å². The van der Waals surface area contributed by atoms with E-state index in [4.69, 9.17) is 9.47 Å². The highest BCUT2D eigenvalue weighted by atomic mass is 16.6. The Hall–Kier alpha value is -4.48. The van der Waals surface area contributed by atoms with Crippen LogP contribution in [0.3, 0.4) is 0 Å². The number of hydrogen-bond donors (Lipinski definition) is 6. The highest BCUT2D eigenvalue weighted by Crippen LogP contribution is 2.21. The summed E-state index contributed by atoms with van der Waals surface area (Å²) >= 11 is 0. The van der Waals surface area contributed by atoms with Crippen LogP contribution < -0.4 is 41.4 Å². The van der Waals surface area contributed by atoms with E-state index in [1.165, 1.54) is 165 Å². The monoisotopic (exact) mass is 1060 g/mol. The molecule has 0 unspecified atom stereocenters. The van der Waals surface area contributed by atoms with Gasteiger partial charge in [-0.15, -0.1) is 0 Å². The molecule has 3 rings (SSSR count). The first-order valence-corrected chi connectivity index (χ1v) is 31.5. The summed E-state index contributed by atoms with van der Waals surface area (Å²) in [5, 5.41) is 17.9. The largest absolute Gasteiger partial charge is 0.412 e. The summed E-state index contributed by atoms with van der Waals surface area (Å²) in [6.45, 7) is 6.77. The predicted octanol–water partition coefficient (Wildman–Crippen LogP) is 16.9. The number of hydrogen-bond acceptors (Lipinski definition) is 6. The Kier molecular flexibility index (Phi) is 40.3. The van der Waals surface area contributed by atoms with Gasteiger partial charge in [-0.05, 0) is 99.6 Å². The molecule has 0 bridgehead atoms. The van der Waals surface area contributed by atoms with Crippen molar-refractivity contribution < 1.29 is 28.7 Å². The van der Waals surface area contributed by atoms with Crippen molar-refractivity contribution in [1.29, 1.82) is 0 Å². The molecule has 0 radical (unpaired) electrons. The summed E-state index contributed by atoms with van der Waals surface area (Å²) in [4.78, 5) is 50.5. The van der Waals surface area contributed by atoms with E-state index in [1.807, 2.05) is 36.4 Å². The number of ether oxygens (including phenoxy) is 2. The summed E-state index contributed by atoms with van der Waals surface area (Å²) in [5.74, 6) is 1.17. The van der Waals surface area contributed by atoms with Crippen LogP contribution >= 0.6 is 0 Å². The smallest absolute Gasteiger partial charge is 0.410 e. The van der Waals surface area contributed by atoms with Gasteiger partial charge in [0.25, 0.3) is 0 Å². The van der Waals surface area contributed by atoms with E-state index in [0.717, 1.165) is 103 Å². The predicted molar refractivity (Wildman–Crippen MR) is 316 cm³/mol. The van der Waals surface area contributed by atoms with Crippen LogP contribution in [0.15, 0.2) is 48.5 Å². The standard InChI is InChI=1S/C64H110N6O6/c1-3-5-7-9-11-13-15-17-19-21-23-25-31-41-55-43-39-45-57(53-55)75-63(73)67-51-37-29-27-35-49-65-61(71)69-59-47-33-34-48-60(59)70-62(72)66-50-36-28-30-38-52-68-64(74)76-58-46-40-44-56(54-58)42-32-26-24-22-20-18-16-14-12-10-8-6-4-2/h39-40,43-46,53-54,59-60H,3-38,41-42,47-52H2,1-2H3,(H,67,73)(H,68,74)(H2,65,69,71)(H2,66,70,72)/t59-,60-/m0/s1. The van der Waals surface area contributed by atoms with Crippen molar-refractivity contribution in [3.63, 3.8) is 0 Å². The van der Waals surface area contributed by atoms with E-state index in [1.54, 1.807) is 0 Å². The van der Waals surface area contributed by atoms with Crippen LogP contribution in [0, 0.1) is 0 Å². The number of carbonyl (C=O) groups excluding carboxylic acids is 4. The molecule has 12 heteroatoms. The fourth-order valence-corrected chi connectivity index (χ4v) is 10.4. The molecule has 432 valence electrons. The summed E-state index contributed by atoms with van der Waals surface area (Å²) in [6, 6.07) is 15.2. The number of rotatable bonds is 46. The molecule has 2 atom stereocenters. The molecule has 1 saturated carbocycles. The molecule has 0 saturated heterocycles. The fraction of sp³-hybridized carbons (Fsp3) is 0.750. The third-order valence-corrected chi connectivity index (χ3v) is 15.1. The van der Waals surface area contributed by atoms with E-state index < -0.39 is 12.2 Å². The van der Waals surface area contributed by atoms with Crippen LogP contribution in [0.2, 0.25) is 0 Å². The van der Waals surface area contributed by atoms with E-state index in [-0.39, 0.29) is 24.1 Å². The molecule has 0 heterocycles. The van der Waals surface area contributed by atoms with E-state index in [9.17, 15) is 19.2 Å². The van der Waals surface area contributed by atoms with Crippen LogP contribution in [0.4, 0.5) is 19.2 Å². The van der Waals surface area contributed by atoms with Gasteiger partial charge < -0.3 is 41.4 Å². The van der Waals surface area contributed by atoms with Crippen molar-refractivity contribution in [2.45, 2.75) is 283 Å². The molecule has 76 heavy (non-hydrogen) atoms. The van der Waals surface area contributed by atoms with E-state index in [0.29, 0.717) is 37.7 Å². The molecule has 6 N–H and O–H groups in total. The minimum Gasteiger partial charge on any atom is -0.410 e. The molecule has 0 spiro atoms. The molecule has 0 aromatic heterocycles. The maximum Gasteiger partial charge on any atom is 0.412 e. The first-order valence-electron chi connectivity index (χ1n) is 31.5. The van der Waals surface area contributed by atoms with Crippen molar-refractivity contribution in [2.24, 2.45) is 0 Å². The van der Waals surface area contributed by atoms with Crippen molar-refractivity contribution >= 4 is 24.2 Å². The lowest BCUT2D eigenvalue weighted by Crippen LogP contribution is -2.56. The van der Waals surface area contributed by atoms with Crippen LogP contribution in [-0.2, 0) is 12.8 Å². The zero-order valence-corrected chi connectivity index (χ0v) is 48.3. The third kappa shape index (κ3) is 36.5. The molecule has 0 aliphatic heterocycles. The fourth-order valence-electron chi connectivity index (χ4n) is 10.4. The van der Waals surface area contributed by atoms with Crippen molar-refractivity contribution in [1.82, 2.24) is 31.9 Å². The number of benzene rings is 2. The zero-order valence-electron chi connectivity index (χ0n) is 48.3. The molecular weight excluding hydrogens is 949 g/mol. The van der Waals surface area contributed by atoms with Gasteiger partial charge >= 0.3 is 24.2 Å². The second-order valence-corrected chi connectivity index (χ2v) is 22.0. The highest BCUT2D eigenvalue weighted by molar-refractivity contribution is 5.76. The number of urea groups is 2. The molecule has 1 fully saturated rings. The highest BCUT2D eigenvalue weighted by Gasteiger charge is 2.27. The van der Waals surface area contributed by atoms with Gasteiger partial charge in [0.05, 0.1) is 12.1 Å². The Morgan fingerprint density at radius 3 is 1.00 bits per heavy atom. The van der Waals surface area contributed by atoms with Crippen LogP contribution in [0.1, 0.15) is 269 Å². The molecule has 6 amide bonds. The minimum absolute atomic E-state index is 0.117. The Balaban J connectivity index is 1.11. The lowest BCUT2D eigenvalue weighted by molar-refractivity contribution is 0.199. The summed E-state index contributed by atoms with van der Waals surface area (Å²) in [6.07, 6.45) is 46.9. The average molecular weight is 1060 g/mol. The van der Waals surface area contributed by atoms with Gasteiger partial charge in [-0.3, -0.25) is 0 Å². The normalized spacial score (nSPS) is 14.2. The van der Waals surface area contributed by atoms with Gasteiger partial charge in [0.15, 0.2) is 0 Å². The van der Waals surface area contributed by atoms with Gasteiger partial charge in [0, 0.05) is 26.2 Å². The van der Waals surface area contributed by atoms with Gasteiger partial charge in [-0.2, -0.15) is 0 Å². The van der Waals surface area contributed by atoms with E-state index in [2.05, 4.69) is 57.9 Å². The van der Waals surface area contributed by atoms with Gasteiger partial charge in [-0.1, -0.05) is 231 Å². The first kappa shape index (κ1) is 65.8. The van der Waals surface area contributed by atoms with Crippen molar-refractivity contribution in [3.8, 4) is 11.5 Å². The number of unbranched alkanes of at least 4 members (excludes halogenated alkanes) is 30. The molecule has 12 nitrogen and oxygen atoms in total. The van der Waals surface area contributed by atoms with Crippen molar-refractivity contribution in [2.75, 3.05) is 26.2 Å². The SMILES string of the molecule is CCCCCCCCCCCCCCCc1cccc(OC(=O)NCCCCCCNC(=O)N[C@H]2CCCC[C@@H]2NC(=O)NCCCCCCNC(=O)Oc2cccc(CCCCCCCCCCCCCCC)c2)c1. The number of nitrogens with one attached hydrogen (secondary N) is 6. The lowest BCUT2D eigenvalue weighted by Gasteiger charge is -2.32. The Morgan fingerprint density at radius 1 is 0.382 bits per heavy atom. The lowest BCUT2D eigenvalue weighted by atomic mass is 9.90. The summed E-state index contributed by atoms with van der Waals surface area (Å²) < 4.78 is 11.1. The summed E-state index contributed by atoms with van der Waals surface area (Å²) in [7, 11) is 0. The molecule has 2 aromatic rings. The topological polar surface area (TPSA) is 159 Å². The quantitative estimate of drug-likeness (QED) is 0.0362. The summed E-state index contributed by atoms with van der Waals surface area (Å²) in [5.41, 5.74) is 2.42. The second kappa shape index (κ2) is 46.6. The second-order valence-electron chi connectivity index (χ2n) is 22.0. The Morgan fingerprint density at radius 2 is 0.671 bits per heavy atom. The van der Waals surface area contributed by atoms with Crippen molar-refractivity contribution in [3.05, 3.63) is 59.7 Å². The molecule has 2 aromatic carbocycles. The number of amides is 6. The van der Waals surface area contributed by atoms with Gasteiger partial charge in [0.1, 0.15) is 11.5 Å². The van der Waals surface area contributed by atoms with Crippen LogP contribution in [0.25, 0.3) is 0 Å². The maximum absolute atomic E-state index is 12.8. The van der Waals surface area contributed by atoms with E-state index >= 15 is 0 Å². The first-order chi connectivity index (χ1) is 37.4. The minimum atomic E-state index is -0.423. The maximum atomic E-state index is 12.8. The Labute approximate surface area is 463 Å². The van der Waals surface area contributed by atoms with Crippen LogP contribution in [-0.4, -0.2) is 62.5 Å². The number of carbonyl (C=O) groups is 4. The Bertz CT molecular complexity index is 1640. The van der Waals surface area contributed by atoms with Gasteiger partial charge in [-0.25, -0.2) is 19.2 Å². The molecular formula is C64H110N6O6. The zero-order chi connectivity index (χ0) is 54.2. The third-order valence-electron chi connectivity index (χ3n) is 15.1. The molecule has 1 aliphatic carbocycles. The number of aryl methyl sites for hydroxylation is 2. The van der Waals surface area contributed by atoms with Crippen LogP contribution in [0.5, 0.6) is 11.5 Å². The average Bonchev–Trinajstić information content (AvgIpc) is 3.41. The molecule has 1 aliphatic rings.